The lowest BCUT2D eigenvalue weighted by Crippen LogP contribution is -2.75. The third-order valence-corrected chi connectivity index (χ3v) is 7.19. The molecular weight excluding hydrogens is 366 g/mol. The molecule has 5 rings (SSSR count). The molecular formula is C24H33NO4. The number of hydrogen-bond donors (Lipinski definition) is 1. The van der Waals surface area contributed by atoms with Crippen LogP contribution >= 0.6 is 0 Å². The van der Waals surface area contributed by atoms with Gasteiger partial charge in [0.2, 0.25) is 0 Å². The van der Waals surface area contributed by atoms with Crippen molar-refractivity contribution in [3.8, 4) is 11.5 Å². The maximum absolute atomic E-state index is 10.7. The zero-order valence-corrected chi connectivity index (χ0v) is 18.4. The van der Waals surface area contributed by atoms with Crippen molar-refractivity contribution in [1.29, 1.82) is 0 Å². The molecule has 29 heavy (non-hydrogen) atoms. The van der Waals surface area contributed by atoms with Crippen LogP contribution in [-0.2, 0) is 21.3 Å². The molecule has 1 N–H and O–H groups in total. The number of rotatable bonds is 3. The molecule has 1 saturated heterocycles. The van der Waals surface area contributed by atoms with Gasteiger partial charge in [0.1, 0.15) is 17.0 Å². The number of likely N-dealkylation sites (N-methyl/N-ethyl adjacent to an activating group) is 1. The van der Waals surface area contributed by atoms with Gasteiger partial charge in [-0.05, 0) is 78.8 Å². The van der Waals surface area contributed by atoms with Crippen LogP contribution in [0, 0.1) is 0 Å². The number of benzene rings is 1. The number of piperidine rings is 1. The van der Waals surface area contributed by atoms with Gasteiger partial charge in [0.05, 0.1) is 11.5 Å². The SMILES string of the molecule is CC(C)O[C@@]12CC=C(OC(C)(C)C)C3Oc4c(O)ccc5c4C31CCN(C)[C@@H]2C5. The van der Waals surface area contributed by atoms with Crippen LogP contribution in [0.2, 0.25) is 0 Å². The lowest BCUT2D eigenvalue weighted by Gasteiger charge is -2.64. The quantitative estimate of drug-likeness (QED) is 0.835. The summed E-state index contributed by atoms with van der Waals surface area (Å²) in [6.45, 7) is 11.4. The van der Waals surface area contributed by atoms with Gasteiger partial charge in [-0.2, -0.15) is 0 Å². The fourth-order valence-corrected chi connectivity index (χ4v) is 6.41. The Morgan fingerprint density at radius 1 is 1.28 bits per heavy atom. The Kier molecular flexibility index (Phi) is 3.93. The minimum atomic E-state index is -0.393. The highest BCUT2D eigenvalue weighted by atomic mass is 16.6. The topological polar surface area (TPSA) is 51.2 Å². The van der Waals surface area contributed by atoms with E-state index in [9.17, 15) is 5.11 Å². The average Bonchev–Trinajstić information content (AvgIpc) is 2.96. The molecule has 1 fully saturated rings. The van der Waals surface area contributed by atoms with E-state index in [1.165, 1.54) is 5.56 Å². The molecule has 2 aliphatic carbocycles. The molecule has 2 unspecified atom stereocenters. The summed E-state index contributed by atoms with van der Waals surface area (Å²) in [5, 5.41) is 10.7. The molecule has 0 saturated carbocycles. The molecule has 4 aliphatic rings. The van der Waals surface area contributed by atoms with Crippen LogP contribution in [-0.4, -0.2) is 53.1 Å². The number of nitrogens with zero attached hydrogens (tertiary/aromatic N) is 1. The van der Waals surface area contributed by atoms with Crippen molar-refractivity contribution in [2.45, 2.75) is 88.7 Å². The summed E-state index contributed by atoms with van der Waals surface area (Å²) in [5.74, 6) is 1.74. The van der Waals surface area contributed by atoms with Crippen molar-refractivity contribution in [2.24, 2.45) is 0 Å². The zero-order chi connectivity index (χ0) is 20.8. The van der Waals surface area contributed by atoms with Crippen LogP contribution in [0.1, 0.15) is 58.6 Å². The summed E-state index contributed by atoms with van der Waals surface area (Å²) >= 11 is 0. The number of ether oxygens (including phenoxy) is 3. The third kappa shape index (κ3) is 2.40. The van der Waals surface area contributed by atoms with Gasteiger partial charge < -0.3 is 24.2 Å². The number of phenols is 1. The normalized spacial score (nSPS) is 35.2. The Labute approximate surface area is 173 Å². The molecule has 1 aromatic carbocycles. The molecule has 0 aromatic heterocycles. The summed E-state index contributed by atoms with van der Waals surface area (Å²) in [7, 11) is 2.21. The van der Waals surface area contributed by atoms with Gasteiger partial charge in [-0.3, -0.25) is 0 Å². The Balaban J connectivity index is 1.78. The first-order valence-electron chi connectivity index (χ1n) is 10.9. The number of hydrogen-bond acceptors (Lipinski definition) is 5. The summed E-state index contributed by atoms with van der Waals surface area (Å²) < 4.78 is 19.9. The van der Waals surface area contributed by atoms with Gasteiger partial charge in [0, 0.05) is 18.0 Å². The van der Waals surface area contributed by atoms with Gasteiger partial charge in [-0.25, -0.2) is 0 Å². The predicted octanol–water partition coefficient (Wildman–Crippen LogP) is 3.92. The largest absolute Gasteiger partial charge is 0.504 e. The number of phenolic OH excluding ortho intramolecular Hbond substituents is 1. The first-order valence-corrected chi connectivity index (χ1v) is 10.9. The molecule has 0 amide bonds. The maximum Gasteiger partial charge on any atom is 0.168 e. The summed E-state index contributed by atoms with van der Waals surface area (Å²) in [6.07, 6.45) is 4.64. The lowest BCUT2D eigenvalue weighted by molar-refractivity contribution is -0.216. The van der Waals surface area contributed by atoms with E-state index in [2.05, 4.69) is 58.7 Å². The summed E-state index contributed by atoms with van der Waals surface area (Å²) in [4.78, 5) is 2.46. The average molecular weight is 400 g/mol. The third-order valence-electron chi connectivity index (χ3n) is 7.19. The fourth-order valence-electron chi connectivity index (χ4n) is 6.41. The van der Waals surface area contributed by atoms with Gasteiger partial charge >= 0.3 is 0 Å². The minimum absolute atomic E-state index is 0.0999. The van der Waals surface area contributed by atoms with Crippen molar-refractivity contribution in [2.75, 3.05) is 13.6 Å². The standard InChI is InChI=1S/C24H33NO4/c1-14(2)28-24-10-9-17(29-22(3,4)5)21-23(24)11-12-25(6)18(24)13-15-7-8-16(26)20(27-21)19(15)23/h7-9,14,18,21,26H,10-13H2,1-6H3/t18-,21?,23?,24-/m1/s1. The van der Waals surface area contributed by atoms with Crippen molar-refractivity contribution < 1.29 is 19.3 Å². The van der Waals surface area contributed by atoms with Crippen LogP contribution in [0.4, 0.5) is 0 Å². The van der Waals surface area contributed by atoms with Gasteiger partial charge in [0.15, 0.2) is 17.6 Å². The second kappa shape index (κ2) is 5.92. The van der Waals surface area contributed by atoms with E-state index in [0.29, 0.717) is 5.75 Å². The monoisotopic (exact) mass is 399 g/mol. The van der Waals surface area contributed by atoms with E-state index in [4.69, 9.17) is 14.2 Å². The highest BCUT2D eigenvalue weighted by Gasteiger charge is 2.73. The van der Waals surface area contributed by atoms with Gasteiger partial charge in [-0.1, -0.05) is 6.07 Å². The number of likely N-dealkylation sites (tertiary alicyclic amines) is 1. The van der Waals surface area contributed by atoms with Gasteiger partial charge in [-0.15, -0.1) is 0 Å². The number of aromatic hydroxyl groups is 1. The minimum Gasteiger partial charge on any atom is -0.504 e. The molecule has 2 heterocycles. The molecule has 1 spiro atoms. The zero-order valence-electron chi connectivity index (χ0n) is 18.4. The van der Waals surface area contributed by atoms with E-state index in [-0.39, 0.29) is 35.0 Å². The van der Waals surface area contributed by atoms with Crippen molar-refractivity contribution in [3.05, 3.63) is 35.1 Å². The Morgan fingerprint density at radius 2 is 2.03 bits per heavy atom. The Morgan fingerprint density at radius 3 is 2.72 bits per heavy atom. The molecule has 1 aromatic rings. The van der Waals surface area contributed by atoms with Gasteiger partial charge in [0.25, 0.3) is 0 Å². The summed E-state index contributed by atoms with van der Waals surface area (Å²) in [5.41, 5.74) is 1.39. The molecule has 5 heteroatoms. The smallest absolute Gasteiger partial charge is 0.168 e. The van der Waals surface area contributed by atoms with E-state index in [1.807, 2.05) is 0 Å². The van der Waals surface area contributed by atoms with Crippen molar-refractivity contribution in [3.63, 3.8) is 0 Å². The first-order chi connectivity index (χ1) is 13.6. The highest BCUT2D eigenvalue weighted by Crippen LogP contribution is 2.66. The molecule has 158 valence electrons. The van der Waals surface area contributed by atoms with Crippen LogP contribution in [0.25, 0.3) is 0 Å². The second-order valence-electron chi connectivity index (χ2n) is 10.4. The maximum atomic E-state index is 10.7. The van der Waals surface area contributed by atoms with Crippen LogP contribution in [0.5, 0.6) is 11.5 Å². The fraction of sp³-hybridized carbons (Fsp3) is 0.667. The lowest BCUT2D eigenvalue weighted by atomic mass is 9.50. The second-order valence-corrected chi connectivity index (χ2v) is 10.4. The Bertz CT molecular complexity index is 886. The van der Waals surface area contributed by atoms with Crippen molar-refractivity contribution >= 4 is 0 Å². The van der Waals surface area contributed by atoms with Crippen molar-refractivity contribution in [1.82, 2.24) is 4.90 Å². The highest BCUT2D eigenvalue weighted by molar-refractivity contribution is 5.64. The predicted molar refractivity (Wildman–Crippen MR) is 111 cm³/mol. The molecule has 0 radical (unpaired) electrons. The first kappa shape index (κ1) is 19.3. The van der Waals surface area contributed by atoms with Crippen LogP contribution in [0.15, 0.2) is 24.0 Å². The molecule has 2 aliphatic heterocycles. The Hall–Kier alpha value is -1.72. The van der Waals surface area contributed by atoms with Crippen LogP contribution < -0.4 is 4.74 Å². The van der Waals surface area contributed by atoms with E-state index < -0.39 is 5.60 Å². The summed E-state index contributed by atoms with van der Waals surface area (Å²) in [6, 6.07) is 4.12. The molecule has 2 bridgehead atoms. The van der Waals surface area contributed by atoms with E-state index in [1.54, 1.807) is 6.07 Å². The van der Waals surface area contributed by atoms with Crippen LogP contribution in [0.3, 0.4) is 0 Å². The van der Waals surface area contributed by atoms with E-state index >= 15 is 0 Å². The van der Waals surface area contributed by atoms with E-state index in [0.717, 1.165) is 37.1 Å². The molecule has 4 atom stereocenters. The molecule has 5 nitrogen and oxygen atoms in total.